The molecular weight excluding hydrogens is 1090 g/mol. The molecule has 27 heteroatoms. The Morgan fingerprint density at radius 1 is 0.405 bits per heavy atom. The SMILES string of the molecule is COc1ccc(NC(=O)[C@H](CCCCN)NC(=O)c2cc(NC(=O)[C@H](CCCCN)NC(=O)c3cc(NC(=O)[C@H](CCCCN)NC(=O)c4cc(NC(=O)[C@@H](N)CCCCNC(N)=O)ccc4OC)ccc3OC)ccc2OC)cc1C(N)=O. The molecule has 0 saturated heterocycles. The number of primary amides is 2. The summed E-state index contributed by atoms with van der Waals surface area (Å²) in [6, 6.07) is 12.3. The number of methoxy groups -OCH3 is 4. The first-order chi connectivity index (χ1) is 40.3. The largest absolute Gasteiger partial charge is 0.496 e. The second-order valence-corrected chi connectivity index (χ2v) is 19.3. The van der Waals surface area contributed by atoms with Crippen molar-refractivity contribution in [2.24, 2.45) is 34.4 Å². The van der Waals surface area contributed by atoms with E-state index in [0.29, 0.717) is 84.0 Å². The molecule has 84 heavy (non-hydrogen) atoms. The molecule has 0 aliphatic carbocycles. The van der Waals surface area contributed by atoms with E-state index in [0.717, 1.165) is 0 Å². The Kier molecular flexibility index (Phi) is 28.2. The van der Waals surface area contributed by atoms with Gasteiger partial charge in [-0.05, 0) is 169 Å². The Balaban J connectivity index is 1.53. The molecule has 4 atom stereocenters. The zero-order valence-electron chi connectivity index (χ0n) is 47.8. The molecule has 20 N–H and O–H groups in total. The molecule has 0 aliphatic heterocycles. The van der Waals surface area contributed by atoms with E-state index in [4.69, 9.17) is 53.3 Å². The van der Waals surface area contributed by atoms with Gasteiger partial charge in [0, 0.05) is 29.3 Å². The van der Waals surface area contributed by atoms with Crippen molar-refractivity contribution in [3.05, 3.63) is 95.1 Å². The van der Waals surface area contributed by atoms with Crippen LogP contribution in [0.5, 0.6) is 23.0 Å². The fraction of sp³-hybridized carbons (Fsp3) is 0.421. The van der Waals surface area contributed by atoms with Gasteiger partial charge in [0.15, 0.2) is 0 Å². The van der Waals surface area contributed by atoms with Crippen molar-refractivity contribution in [3.63, 3.8) is 0 Å². The number of hydrogen-bond donors (Lipinski definition) is 14. The maximum absolute atomic E-state index is 14.3. The van der Waals surface area contributed by atoms with Gasteiger partial charge in [0.05, 0.1) is 56.7 Å². The molecule has 27 nitrogen and oxygen atoms in total. The van der Waals surface area contributed by atoms with E-state index in [9.17, 15) is 43.2 Å². The minimum atomic E-state index is -1.18. The van der Waals surface area contributed by atoms with Crippen LogP contribution in [0, 0.1) is 0 Å². The van der Waals surface area contributed by atoms with Crippen LogP contribution in [0.15, 0.2) is 72.8 Å². The van der Waals surface area contributed by atoms with Crippen molar-refractivity contribution in [2.45, 2.75) is 101 Å². The highest BCUT2D eigenvalue weighted by molar-refractivity contribution is 6.07. The summed E-state index contributed by atoms with van der Waals surface area (Å²) in [5.74, 6) is -4.85. The number of carbonyl (C=O) groups excluding carboxylic acids is 9. The third kappa shape index (κ3) is 21.0. The van der Waals surface area contributed by atoms with Crippen LogP contribution in [0.4, 0.5) is 27.5 Å². The summed E-state index contributed by atoms with van der Waals surface area (Å²) in [5, 5.41) is 21.7. The number of rotatable bonds is 36. The van der Waals surface area contributed by atoms with E-state index >= 15 is 0 Å². The smallest absolute Gasteiger partial charge is 0.312 e. The molecule has 0 spiro atoms. The predicted octanol–water partition coefficient (Wildman–Crippen LogP) is 2.52. The Morgan fingerprint density at radius 2 is 0.702 bits per heavy atom. The van der Waals surface area contributed by atoms with Crippen molar-refractivity contribution in [1.29, 1.82) is 0 Å². The Morgan fingerprint density at radius 3 is 1.00 bits per heavy atom. The van der Waals surface area contributed by atoms with Crippen LogP contribution in [-0.2, 0) is 19.2 Å². The van der Waals surface area contributed by atoms with Gasteiger partial charge in [-0.3, -0.25) is 38.4 Å². The normalized spacial score (nSPS) is 12.2. The number of unbranched alkanes of at least 4 members (excludes halogenated alkanes) is 4. The van der Waals surface area contributed by atoms with Gasteiger partial charge in [0.1, 0.15) is 41.1 Å². The lowest BCUT2D eigenvalue weighted by Gasteiger charge is -2.22. The lowest BCUT2D eigenvalue weighted by Crippen LogP contribution is -2.44. The lowest BCUT2D eigenvalue weighted by atomic mass is 10.1. The van der Waals surface area contributed by atoms with Crippen LogP contribution in [-0.4, -0.2) is 132 Å². The monoisotopic (exact) mass is 1170 g/mol. The predicted molar refractivity (Wildman–Crippen MR) is 317 cm³/mol. The highest BCUT2D eigenvalue weighted by atomic mass is 16.5. The summed E-state index contributed by atoms with van der Waals surface area (Å²) < 4.78 is 21.7. The van der Waals surface area contributed by atoms with E-state index < -0.39 is 77.5 Å². The molecule has 0 radical (unpaired) electrons. The number of hydrogen-bond acceptors (Lipinski definition) is 17. The van der Waals surface area contributed by atoms with Crippen molar-refractivity contribution in [1.82, 2.24) is 21.3 Å². The van der Waals surface area contributed by atoms with Gasteiger partial charge in [-0.15, -0.1) is 0 Å². The summed E-state index contributed by atoms with van der Waals surface area (Å²) in [5.41, 5.74) is 34.7. The lowest BCUT2D eigenvalue weighted by molar-refractivity contribution is -0.118. The summed E-state index contributed by atoms with van der Waals surface area (Å²) in [6.07, 6.45) is 4.77. The summed E-state index contributed by atoms with van der Waals surface area (Å²) in [6.45, 7) is 1.29. The summed E-state index contributed by atoms with van der Waals surface area (Å²) in [4.78, 5) is 120. The van der Waals surface area contributed by atoms with Gasteiger partial charge in [-0.25, -0.2) is 4.79 Å². The summed E-state index contributed by atoms with van der Waals surface area (Å²) >= 11 is 0. The number of urea groups is 1. The van der Waals surface area contributed by atoms with Gasteiger partial charge in [-0.1, -0.05) is 0 Å². The highest BCUT2D eigenvalue weighted by Crippen LogP contribution is 2.28. The van der Waals surface area contributed by atoms with Crippen molar-refractivity contribution >= 4 is 76.0 Å². The molecule has 456 valence electrons. The minimum absolute atomic E-state index is 0.000509. The van der Waals surface area contributed by atoms with Gasteiger partial charge in [0.25, 0.3) is 23.6 Å². The quantitative estimate of drug-likeness (QED) is 0.0291. The third-order valence-electron chi connectivity index (χ3n) is 13.2. The maximum atomic E-state index is 14.3. The first kappa shape index (κ1) is 67.5. The van der Waals surface area contributed by atoms with E-state index in [2.05, 4.69) is 42.5 Å². The molecular formula is C57H80N14O13. The van der Waals surface area contributed by atoms with Crippen LogP contribution >= 0.6 is 0 Å². The molecule has 0 fully saturated rings. The average molecular weight is 1170 g/mol. The molecule has 0 aliphatic rings. The zero-order valence-corrected chi connectivity index (χ0v) is 47.8. The molecule has 4 aromatic carbocycles. The number of anilines is 4. The molecule has 4 aromatic rings. The Bertz CT molecular complexity index is 2930. The van der Waals surface area contributed by atoms with Crippen LogP contribution in [0.25, 0.3) is 0 Å². The molecule has 0 saturated carbocycles. The molecule has 0 aromatic heterocycles. The third-order valence-corrected chi connectivity index (χ3v) is 13.2. The Hall–Kier alpha value is -9.05. The van der Waals surface area contributed by atoms with E-state index in [1.165, 1.54) is 101 Å². The second-order valence-electron chi connectivity index (χ2n) is 19.3. The van der Waals surface area contributed by atoms with Crippen molar-refractivity contribution in [3.8, 4) is 23.0 Å². The molecule has 4 rings (SSSR count). The number of nitrogens with one attached hydrogen (secondary N) is 8. The van der Waals surface area contributed by atoms with Gasteiger partial charge < -0.3 is 95.9 Å². The van der Waals surface area contributed by atoms with Gasteiger partial charge in [-0.2, -0.15) is 0 Å². The zero-order chi connectivity index (χ0) is 61.7. The first-order valence-electron chi connectivity index (χ1n) is 27.4. The number of carbonyl (C=O) groups is 9. The standard InChI is InChI=1S/C57H80N14O13/c1-81-45-21-17-33(29-37(45)49(62)72)66-54(77)42(14-5-9-25-58)69-51(74)39-31-35(19-23-47(39)83-3)68-56(79)44(16-7-11-27-60)71-52(75)40-32-36(20-24-48(40)84-4)67-55(78)43(15-6-10-26-59)70-50(73)38-30-34(18-22-46(38)82-2)65-53(76)41(61)13-8-12-28-64-57(63)80/h17-24,29-32,41-44H,5-16,25-28,58-61H2,1-4H3,(H2,62,72)(H,65,76)(H,66,77)(H,67,78)(H,68,79)(H,69,74)(H,70,73)(H,71,75)(H3,63,64,80)/t41-,42-,43-,44-/m0/s1. The van der Waals surface area contributed by atoms with E-state index in [1.807, 2.05) is 0 Å². The number of benzene rings is 4. The summed E-state index contributed by atoms with van der Waals surface area (Å²) in [7, 11) is 5.41. The van der Waals surface area contributed by atoms with Crippen molar-refractivity contribution < 1.29 is 62.1 Å². The van der Waals surface area contributed by atoms with Gasteiger partial charge in [0.2, 0.25) is 23.6 Å². The van der Waals surface area contributed by atoms with Crippen LogP contribution in [0.3, 0.4) is 0 Å². The fourth-order valence-electron chi connectivity index (χ4n) is 8.62. The topological polar surface area (TPSA) is 443 Å². The van der Waals surface area contributed by atoms with Gasteiger partial charge >= 0.3 is 6.03 Å². The van der Waals surface area contributed by atoms with Crippen LogP contribution in [0.1, 0.15) is 118 Å². The number of nitrogens with two attached hydrogens (primary N) is 6. The molecule has 0 bridgehead atoms. The van der Waals surface area contributed by atoms with Crippen molar-refractivity contribution in [2.75, 3.05) is 75.9 Å². The minimum Gasteiger partial charge on any atom is -0.496 e. The number of amides is 10. The Labute approximate surface area is 487 Å². The first-order valence-corrected chi connectivity index (χ1v) is 27.4. The average Bonchev–Trinajstić information content (AvgIpc) is 3.68. The van der Waals surface area contributed by atoms with E-state index in [1.54, 1.807) is 0 Å². The second kappa shape index (κ2) is 35.1. The van der Waals surface area contributed by atoms with Crippen LogP contribution in [0.2, 0.25) is 0 Å². The van der Waals surface area contributed by atoms with Crippen LogP contribution < -0.4 is 95.9 Å². The number of ether oxygens (including phenoxy) is 4. The molecule has 0 heterocycles. The molecule has 10 amide bonds. The fourth-order valence-corrected chi connectivity index (χ4v) is 8.62. The molecule has 0 unspecified atom stereocenters. The maximum Gasteiger partial charge on any atom is 0.312 e. The van der Waals surface area contributed by atoms with E-state index in [-0.39, 0.29) is 87.3 Å². The highest BCUT2D eigenvalue weighted by Gasteiger charge is 2.29.